The molecule has 0 bridgehead atoms. The van der Waals surface area contributed by atoms with Crippen LogP contribution in [-0.2, 0) is 6.54 Å². The number of halogens is 1. The molecule has 0 saturated heterocycles. The molecule has 0 aliphatic carbocycles. The Bertz CT molecular complexity index is 781. The molecule has 0 aliphatic heterocycles. The van der Waals surface area contributed by atoms with E-state index in [0.717, 1.165) is 11.1 Å². The molecule has 1 N–H and O–H groups in total. The molecule has 1 heterocycles. The molecule has 0 amide bonds. The van der Waals surface area contributed by atoms with Crippen molar-refractivity contribution in [2.45, 2.75) is 6.54 Å². The average Bonchev–Trinajstić information content (AvgIpc) is 2.71. The average molecular weight is 287 g/mol. The quantitative estimate of drug-likeness (QED) is 0.723. The predicted molar refractivity (Wildman–Crippen MR) is 79.6 cm³/mol. The van der Waals surface area contributed by atoms with Crippen molar-refractivity contribution in [2.24, 2.45) is 5.18 Å². The van der Waals surface area contributed by atoms with E-state index in [4.69, 9.17) is 11.6 Å². The predicted octanol–water partition coefficient (Wildman–Crippen LogP) is 4.45. The summed E-state index contributed by atoms with van der Waals surface area (Å²) in [4.78, 5) is 11.0. The van der Waals surface area contributed by atoms with Gasteiger partial charge in [0.15, 0.2) is 5.69 Å². The van der Waals surface area contributed by atoms with Crippen LogP contribution >= 0.6 is 11.6 Å². The molecule has 1 aromatic heterocycles. The van der Waals surface area contributed by atoms with Gasteiger partial charge in [-0.3, -0.25) is 0 Å². The fraction of sp³-hybridized carbons (Fsp3) is 0.0667. The lowest BCUT2D eigenvalue weighted by Gasteiger charge is -2.06. The van der Waals surface area contributed by atoms with Crippen LogP contribution in [0.4, 0.5) is 5.69 Å². The van der Waals surface area contributed by atoms with E-state index in [2.05, 4.69) is 5.18 Å². The van der Waals surface area contributed by atoms with Gasteiger partial charge in [-0.2, -0.15) is 0 Å². The van der Waals surface area contributed by atoms with Crippen molar-refractivity contribution in [1.29, 1.82) is 0 Å². The molecule has 20 heavy (non-hydrogen) atoms. The molecule has 3 aromatic rings. The summed E-state index contributed by atoms with van der Waals surface area (Å²) in [7, 11) is 0. The van der Waals surface area contributed by atoms with Crippen molar-refractivity contribution in [1.82, 2.24) is 4.57 Å². The molecule has 4 nitrogen and oxygen atoms in total. The molecule has 5 heteroatoms. The smallest absolute Gasteiger partial charge is 0.222 e. The highest BCUT2D eigenvalue weighted by Gasteiger charge is 2.17. The molecule has 0 fully saturated rings. The zero-order chi connectivity index (χ0) is 14.1. The fourth-order valence-corrected chi connectivity index (χ4v) is 2.48. The summed E-state index contributed by atoms with van der Waals surface area (Å²) in [5.41, 5.74) is 1.77. The van der Waals surface area contributed by atoms with E-state index in [1.54, 1.807) is 22.8 Å². The van der Waals surface area contributed by atoms with Crippen molar-refractivity contribution in [3.63, 3.8) is 0 Å². The molecule has 0 unspecified atom stereocenters. The highest BCUT2D eigenvalue weighted by atomic mass is 35.5. The summed E-state index contributed by atoms with van der Waals surface area (Å²) < 4.78 is 1.65. The monoisotopic (exact) mass is 286 g/mol. The van der Waals surface area contributed by atoms with Gasteiger partial charge in [-0.25, -0.2) is 0 Å². The Morgan fingerprint density at radius 2 is 1.90 bits per heavy atom. The van der Waals surface area contributed by atoms with Crippen molar-refractivity contribution < 1.29 is 5.11 Å². The van der Waals surface area contributed by atoms with E-state index in [1.165, 1.54) is 0 Å². The van der Waals surface area contributed by atoms with Crippen molar-refractivity contribution in [3.8, 4) is 5.88 Å². The third-order valence-electron chi connectivity index (χ3n) is 3.25. The first kappa shape index (κ1) is 12.7. The van der Waals surface area contributed by atoms with Gasteiger partial charge in [0.05, 0.1) is 12.1 Å². The van der Waals surface area contributed by atoms with Gasteiger partial charge in [0, 0.05) is 10.4 Å². The van der Waals surface area contributed by atoms with Crippen molar-refractivity contribution in [2.75, 3.05) is 0 Å². The topological polar surface area (TPSA) is 54.6 Å². The van der Waals surface area contributed by atoms with E-state index in [-0.39, 0.29) is 11.6 Å². The van der Waals surface area contributed by atoms with E-state index in [0.29, 0.717) is 17.0 Å². The molecule has 0 atom stereocenters. The minimum absolute atomic E-state index is 0.0263. The lowest BCUT2D eigenvalue weighted by molar-refractivity contribution is 0.430. The SMILES string of the molecule is O=Nc1c(O)n(Cc2ccccc2)c2ccc(Cl)cc12. The second-order valence-corrected chi connectivity index (χ2v) is 4.93. The van der Waals surface area contributed by atoms with E-state index < -0.39 is 0 Å². The van der Waals surface area contributed by atoms with Crippen LogP contribution in [0.15, 0.2) is 53.7 Å². The fourth-order valence-electron chi connectivity index (χ4n) is 2.31. The number of aromatic hydroxyl groups is 1. The lowest BCUT2D eigenvalue weighted by Crippen LogP contribution is -1.98. The first-order chi connectivity index (χ1) is 9.70. The third-order valence-corrected chi connectivity index (χ3v) is 3.48. The summed E-state index contributed by atoms with van der Waals surface area (Å²) in [6.07, 6.45) is 0. The Labute approximate surface area is 120 Å². The van der Waals surface area contributed by atoms with Gasteiger partial charge in [0.1, 0.15) is 0 Å². The maximum Gasteiger partial charge on any atom is 0.222 e. The number of benzene rings is 2. The number of nitroso groups, excluding NO2 is 1. The third kappa shape index (κ3) is 2.04. The van der Waals surface area contributed by atoms with Crippen LogP contribution in [0.5, 0.6) is 5.88 Å². The highest BCUT2D eigenvalue weighted by molar-refractivity contribution is 6.31. The van der Waals surface area contributed by atoms with Crippen LogP contribution in [-0.4, -0.2) is 9.67 Å². The zero-order valence-corrected chi connectivity index (χ0v) is 11.2. The molecular formula is C15H11ClN2O2. The summed E-state index contributed by atoms with van der Waals surface area (Å²) in [6.45, 7) is 0.459. The summed E-state index contributed by atoms with van der Waals surface area (Å²) in [5, 5.41) is 14.2. The molecule has 0 aliphatic rings. The van der Waals surface area contributed by atoms with Gasteiger partial charge in [0.25, 0.3) is 0 Å². The Morgan fingerprint density at radius 1 is 1.15 bits per heavy atom. The minimum atomic E-state index is -0.138. The van der Waals surface area contributed by atoms with Crippen molar-refractivity contribution in [3.05, 3.63) is 64.0 Å². The number of hydrogen-bond donors (Lipinski definition) is 1. The number of aromatic nitrogens is 1. The Kier molecular flexibility index (Phi) is 3.16. The summed E-state index contributed by atoms with van der Waals surface area (Å²) in [6, 6.07) is 14.8. The van der Waals surface area contributed by atoms with Gasteiger partial charge in [-0.15, -0.1) is 4.91 Å². The van der Waals surface area contributed by atoms with Gasteiger partial charge < -0.3 is 9.67 Å². The maximum absolute atomic E-state index is 11.0. The normalized spacial score (nSPS) is 10.8. The largest absolute Gasteiger partial charge is 0.493 e. The highest BCUT2D eigenvalue weighted by Crippen LogP contribution is 2.39. The second kappa shape index (κ2) is 4.98. The van der Waals surface area contributed by atoms with E-state index in [9.17, 15) is 10.0 Å². The first-order valence-corrected chi connectivity index (χ1v) is 6.46. The van der Waals surface area contributed by atoms with Crippen LogP contribution in [0.1, 0.15) is 5.56 Å². The summed E-state index contributed by atoms with van der Waals surface area (Å²) >= 11 is 5.93. The molecule has 0 saturated carbocycles. The number of hydrogen-bond acceptors (Lipinski definition) is 3. The van der Waals surface area contributed by atoms with E-state index >= 15 is 0 Å². The molecular weight excluding hydrogens is 276 g/mol. The Balaban J connectivity index is 2.20. The molecule has 3 rings (SSSR count). The van der Waals surface area contributed by atoms with Gasteiger partial charge in [0.2, 0.25) is 5.88 Å². The van der Waals surface area contributed by atoms with Crippen LogP contribution in [0, 0.1) is 4.91 Å². The Hall–Kier alpha value is -2.33. The molecule has 0 radical (unpaired) electrons. The second-order valence-electron chi connectivity index (χ2n) is 4.50. The van der Waals surface area contributed by atoms with Gasteiger partial charge >= 0.3 is 0 Å². The van der Waals surface area contributed by atoms with Crippen LogP contribution in [0.25, 0.3) is 10.9 Å². The maximum atomic E-state index is 11.0. The van der Waals surface area contributed by atoms with Gasteiger partial charge in [-0.05, 0) is 28.9 Å². The number of nitrogens with zero attached hydrogens (tertiary/aromatic N) is 2. The first-order valence-electron chi connectivity index (χ1n) is 6.08. The minimum Gasteiger partial charge on any atom is -0.493 e. The van der Waals surface area contributed by atoms with Crippen LogP contribution < -0.4 is 0 Å². The molecule has 0 spiro atoms. The lowest BCUT2D eigenvalue weighted by atomic mass is 10.2. The number of fused-ring (bicyclic) bond motifs is 1. The van der Waals surface area contributed by atoms with E-state index in [1.807, 2.05) is 30.3 Å². The van der Waals surface area contributed by atoms with Crippen LogP contribution in [0.3, 0.4) is 0 Å². The Morgan fingerprint density at radius 3 is 2.60 bits per heavy atom. The standard InChI is InChI=1S/C15H11ClN2O2/c16-11-6-7-13-12(8-11)14(17-20)15(19)18(13)9-10-4-2-1-3-5-10/h1-8,19H,9H2. The molecule has 100 valence electrons. The molecule has 2 aromatic carbocycles. The zero-order valence-electron chi connectivity index (χ0n) is 10.5. The number of rotatable bonds is 3. The van der Waals surface area contributed by atoms with Crippen molar-refractivity contribution >= 4 is 28.2 Å². The van der Waals surface area contributed by atoms with Crippen LogP contribution in [0.2, 0.25) is 5.02 Å². The van der Waals surface area contributed by atoms with Gasteiger partial charge in [-0.1, -0.05) is 41.9 Å². The summed E-state index contributed by atoms with van der Waals surface area (Å²) in [5.74, 6) is -0.138.